The van der Waals surface area contributed by atoms with Gasteiger partial charge in [-0.2, -0.15) is 0 Å². The highest BCUT2D eigenvalue weighted by Crippen LogP contribution is 2.14. The fourth-order valence-corrected chi connectivity index (χ4v) is 2.49. The van der Waals surface area contributed by atoms with E-state index in [1.807, 2.05) is 30.3 Å². The maximum Gasteiger partial charge on any atom is 0.187 e. The molecule has 1 saturated heterocycles. The summed E-state index contributed by atoms with van der Waals surface area (Å²) in [5.74, 6) is 0.778. The summed E-state index contributed by atoms with van der Waals surface area (Å²) in [5, 5.41) is 1.88. The van der Waals surface area contributed by atoms with E-state index in [1.54, 1.807) is 0 Å². The highest BCUT2D eigenvalue weighted by molar-refractivity contribution is 7.80. The van der Waals surface area contributed by atoms with E-state index in [9.17, 15) is 0 Å². The number of thiocarbonyl (C=S) groups is 1. The zero-order chi connectivity index (χ0) is 13.1. The van der Waals surface area contributed by atoms with E-state index in [-0.39, 0.29) is 0 Å². The van der Waals surface area contributed by atoms with Crippen molar-refractivity contribution in [2.45, 2.75) is 12.8 Å². The first-order chi connectivity index (χ1) is 9.33. The van der Waals surface area contributed by atoms with E-state index in [4.69, 9.17) is 12.2 Å². The molecule has 1 aliphatic rings. The molecular formula is C14H16N4S. The van der Waals surface area contributed by atoms with Crippen LogP contribution in [0.5, 0.6) is 0 Å². The lowest BCUT2D eigenvalue weighted by atomic mass is 10.2. The minimum atomic E-state index is 0.743. The number of para-hydroxylation sites is 1. The van der Waals surface area contributed by atoms with Crippen LogP contribution in [-0.2, 0) is 0 Å². The maximum atomic E-state index is 5.33. The van der Waals surface area contributed by atoms with Gasteiger partial charge in [0.2, 0.25) is 0 Å². The molecule has 0 radical (unpaired) electrons. The Morgan fingerprint density at radius 1 is 1.11 bits per heavy atom. The molecule has 2 aromatic rings. The lowest BCUT2D eigenvalue weighted by molar-refractivity contribution is 0.512. The monoisotopic (exact) mass is 272 g/mol. The second kappa shape index (κ2) is 5.40. The van der Waals surface area contributed by atoms with Gasteiger partial charge in [-0.15, -0.1) is 0 Å². The summed E-state index contributed by atoms with van der Waals surface area (Å²) in [4.78, 5) is 6.69. The topological polar surface area (TPSA) is 40.2 Å². The molecule has 0 saturated carbocycles. The summed E-state index contributed by atoms with van der Waals surface area (Å²) < 4.78 is 0. The number of likely N-dealkylation sites (tertiary alicyclic amines) is 1. The Balaban J connectivity index is 1.66. The van der Waals surface area contributed by atoms with Gasteiger partial charge in [-0.05, 0) is 43.3 Å². The summed E-state index contributed by atoms with van der Waals surface area (Å²) in [6.45, 7) is 2.08. The van der Waals surface area contributed by atoms with Crippen LogP contribution in [0, 0.1) is 0 Å². The van der Waals surface area contributed by atoms with Crippen molar-refractivity contribution >= 4 is 34.1 Å². The highest BCUT2D eigenvalue weighted by Gasteiger charge is 2.14. The van der Waals surface area contributed by atoms with Gasteiger partial charge < -0.3 is 4.90 Å². The van der Waals surface area contributed by atoms with Crippen molar-refractivity contribution in [1.29, 1.82) is 0 Å². The Morgan fingerprint density at radius 2 is 1.89 bits per heavy atom. The minimum absolute atomic E-state index is 0.743. The van der Waals surface area contributed by atoms with Crippen LogP contribution in [0.1, 0.15) is 12.8 Å². The van der Waals surface area contributed by atoms with Gasteiger partial charge in [-0.1, -0.05) is 18.2 Å². The molecule has 1 aliphatic heterocycles. The molecule has 0 aliphatic carbocycles. The molecule has 2 heterocycles. The van der Waals surface area contributed by atoms with Crippen LogP contribution in [0.3, 0.4) is 0 Å². The second-order valence-corrected chi connectivity index (χ2v) is 5.03. The van der Waals surface area contributed by atoms with E-state index >= 15 is 0 Å². The maximum absolute atomic E-state index is 5.33. The van der Waals surface area contributed by atoms with Gasteiger partial charge in [0.25, 0.3) is 0 Å². The number of benzene rings is 1. The van der Waals surface area contributed by atoms with Gasteiger partial charge in [-0.3, -0.25) is 10.9 Å². The Bertz CT molecular complexity index is 593. The van der Waals surface area contributed by atoms with Gasteiger partial charge in [0, 0.05) is 18.5 Å². The van der Waals surface area contributed by atoms with Crippen LogP contribution in [0.15, 0.2) is 36.4 Å². The molecule has 0 spiro atoms. The number of hydrazine groups is 1. The van der Waals surface area contributed by atoms with Crippen LogP contribution >= 0.6 is 12.2 Å². The molecule has 1 fully saturated rings. The Morgan fingerprint density at radius 3 is 2.74 bits per heavy atom. The van der Waals surface area contributed by atoms with Gasteiger partial charge in [0.05, 0.1) is 5.52 Å². The van der Waals surface area contributed by atoms with Crippen LogP contribution in [0.4, 0.5) is 5.82 Å². The minimum Gasteiger partial charge on any atom is -0.348 e. The Kier molecular flexibility index (Phi) is 3.46. The van der Waals surface area contributed by atoms with E-state index in [1.165, 1.54) is 12.8 Å². The summed E-state index contributed by atoms with van der Waals surface area (Å²) in [5.41, 5.74) is 7.09. The molecule has 0 unspecified atom stereocenters. The Hall–Kier alpha value is -1.88. The molecule has 0 bridgehead atoms. The summed E-state index contributed by atoms with van der Waals surface area (Å²) in [6.07, 6.45) is 2.44. The van der Waals surface area contributed by atoms with E-state index in [0.29, 0.717) is 0 Å². The molecule has 4 nitrogen and oxygen atoms in total. The number of anilines is 1. The summed E-state index contributed by atoms with van der Waals surface area (Å²) >= 11 is 5.33. The number of fused-ring (bicyclic) bond motifs is 1. The number of rotatable bonds is 2. The van der Waals surface area contributed by atoms with E-state index < -0.39 is 0 Å². The van der Waals surface area contributed by atoms with E-state index in [0.717, 1.165) is 34.9 Å². The molecule has 1 aromatic carbocycles. The van der Waals surface area contributed by atoms with Crippen LogP contribution in [-0.4, -0.2) is 28.1 Å². The lowest BCUT2D eigenvalue weighted by Gasteiger charge is -2.20. The first kappa shape index (κ1) is 12.2. The van der Waals surface area contributed by atoms with Crippen molar-refractivity contribution in [3.8, 4) is 0 Å². The molecule has 1 aromatic heterocycles. The number of hydrogen-bond donors (Lipinski definition) is 2. The van der Waals surface area contributed by atoms with Crippen molar-refractivity contribution in [2.75, 3.05) is 18.5 Å². The molecule has 98 valence electrons. The number of nitrogens with zero attached hydrogens (tertiary/aromatic N) is 2. The summed E-state index contributed by atoms with van der Waals surface area (Å²) in [6, 6.07) is 12.0. The quantitative estimate of drug-likeness (QED) is 0.649. The van der Waals surface area contributed by atoms with Crippen LogP contribution < -0.4 is 10.9 Å². The third kappa shape index (κ3) is 2.76. The molecule has 19 heavy (non-hydrogen) atoms. The first-order valence-corrected chi connectivity index (χ1v) is 6.90. The largest absolute Gasteiger partial charge is 0.348 e. The molecule has 3 rings (SSSR count). The standard InChI is InChI=1S/C14H16N4S/c19-14(18-9-3-4-10-18)17-16-13-8-7-11-5-1-2-6-12(11)15-13/h1-2,5-8H,3-4,9-10H2,(H,15,16)(H,17,19). The van der Waals surface area contributed by atoms with Crippen LogP contribution in [0.25, 0.3) is 10.9 Å². The average molecular weight is 272 g/mol. The molecule has 5 heteroatoms. The van der Waals surface area contributed by atoms with E-state index in [2.05, 4.69) is 26.8 Å². The SMILES string of the molecule is S=C(NNc1ccc2ccccc2n1)N1CCCC1. The lowest BCUT2D eigenvalue weighted by Crippen LogP contribution is -2.40. The van der Waals surface area contributed by atoms with Crippen LogP contribution in [0.2, 0.25) is 0 Å². The fraction of sp³-hybridized carbons (Fsp3) is 0.286. The number of nitrogens with one attached hydrogen (secondary N) is 2. The Labute approximate surface area is 117 Å². The van der Waals surface area contributed by atoms with Crippen molar-refractivity contribution in [2.24, 2.45) is 0 Å². The fourth-order valence-electron chi connectivity index (χ4n) is 2.25. The third-order valence-corrected chi connectivity index (χ3v) is 3.65. The van der Waals surface area contributed by atoms with Crippen molar-refractivity contribution in [1.82, 2.24) is 15.3 Å². The smallest absolute Gasteiger partial charge is 0.187 e. The summed E-state index contributed by atoms with van der Waals surface area (Å²) in [7, 11) is 0. The molecule has 2 N–H and O–H groups in total. The van der Waals surface area contributed by atoms with Gasteiger partial charge >= 0.3 is 0 Å². The number of pyridine rings is 1. The zero-order valence-electron chi connectivity index (χ0n) is 10.6. The van der Waals surface area contributed by atoms with Gasteiger partial charge in [-0.25, -0.2) is 4.98 Å². The number of aromatic nitrogens is 1. The average Bonchev–Trinajstić information content (AvgIpc) is 2.99. The normalized spacial score (nSPS) is 14.6. The zero-order valence-corrected chi connectivity index (χ0v) is 11.4. The van der Waals surface area contributed by atoms with Crippen molar-refractivity contribution in [3.63, 3.8) is 0 Å². The molecule has 0 atom stereocenters. The second-order valence-electron chi connectivity index (χ2n) is 4.64. The van der Waals surface area contributed by atoms with Gasteiger partial charge in [0.15, 0.2) is 5.11 Å². The molecule has 0 amide bonds. The highest BCUT2D eigenvalue weighted by atomic mass is 32.1. The predicted octanol–water partition coefficient (Wildman–Crippen LogP) is 2.53. The first-order valence-electron chi connectivity index (χ1n) is 6.50. The van der Waals surface area contributed by atoms with Crippen molar-refractivity contribution in [3.05, 3.63) is 36.4 Å². The third-order valence-electron chi connectivity index (χ3n) is 3.29. The molecular weight excluding hydrogens is 256 g/mol. The van der Waals surface area contributed by atoms with Crippen molar-refractivity contribution < 1.29 is 0 Å². The number of hydrogen-bond acceptors (Lipinski definition) is 3. The predicted molar refractivity (Wildman–Crippen MR) is 81.9 cm³/mol. The van der Waals surface area contributed by atoms with Gasteiger partial charge in [0.1, 0.15) is 5.82 Å².